The molecule has 14 heavy (non-hydrogen) atoms. The largest absolute Gasteiger partial charge is 0.289 e. The molecule has 2 rings (SSSR count). The van der Waals surface area contributed by atoms with Crippen LogP contribution in [0.2, 0.25) is 0 Å². The highest BCUT2D eigenvalue weighted by Crippen LogP contribution is 2.22. The fourth-order valence-electron chi connectivity index (χ4n) is 1.09. The summed E-state index contributed by atoms with van der Waals surface area (Å²) in [6.45, 7) is 0. The Bertz CT molecular complexity index is 452. The van der Waals surface area contributed by atoms with Crippen LogP contribution in [0.15, 0.2) is 39.8 Å². The minimum Gasteiger partial charge on any atom is -0.289 e. The maximum atomic E-state index is 11.8. The second-order valence-electron chi connectivity index (χ2n) is 2.71. The molecule has 0 radical (unpaired) electrons. The van der Waals surface area contributed by atoms with E-state index in [1.54, 1.807) is 24.5 Å². The van der Waals surface area contributed by atoms with Gasteiger partial charge < -0.3 is 0 Å². The Morgan fingerprint density at radius 1 is 1.43 bits per heavy atom. The lowest BCUT2D eigenvalue weighted by Crippen LogP contribution is -1.99. The van der Waals surface area contributed by atoms with Gasteiger partial charge in [-0.3, -0.25) is 9.78 Å². The first-order chi connectivity index (χ1) is 6.77. The zero-order chi connectivity index (χ0) is 9.97. The summed E-state index contributed by atoms with van der Waals surface area (Å²) in [7, 11) is 0. The lowest BCUT2D eigenvalue weighted by Gasteiger charge is -1.95. The highest BCUT2D eigenvalue weighted by molar-refractivity contribution is 9.11. The van der Waals surface area contributed by atoms with Crippen molar-refractivity contribution >= 4 is 33.0 Å². The molecule has 2 aromatic heterocycles. The number of halogens is 1. The first-order valence-electron chi connectivity index (χ1n) is 3.96. The number of ketones is 1. The Hall–Kier alpha value is -1.00. The van der Waals surface area contributed by atoms with Crippen LogP contribution in [0, 0.1) is 0 Å². The third-order valence-electron chi connectivity index (χ3n) is 1.75. The van der Waals surface area contributed by atoms with Crippen molar-refractivity contribution in [3.8, 4) is 0 Å². The van der Waals surface area contributed by atoms with Crippen LogP contribution < -0.4 is 0 Å². The van der Waals surface area contributed by atoms with Crippen molar-refractivity contribution in [2.45, 2.75) is 0 Å². The zero-order valence-electron chi connectivity index (χ0n) is 7.11. The first kappa shape index (κ1) is 9.55. The van der Waals surface area contributed by atoms with E-state index in [4.69, 9.17) is 0 Å². The van der Waals surface area contributed by atoms with Crippen molar-refractivity contribution in [2.75, 3.05) is 0 Å². The average Bonchev–Trinajstić information content (AvgIpc) is 2.65. The molecular weight excluding hydrogens is 262 g/mol. The maximum Gasteiger partial charge on any atom is 0.195 e. The minimum absolute atomic E-state index is 0.0139. The highest BCUT2D eigenvalue weighted by atomic mass is 79.9. The smallest absolute Gasteiger partial charge is 0.195 e. The molecule has 2 heterocycles. The zero-order valence-corrected chi connectivity index (χ0v) is 9.51. The Labute approximate surface area is 93.7 Å². The fraction of sp³-hybridized carbons (Fsp3) is 0. The molecule has 2 aromatic rings. The van der Waals surface area contributed by atoms with Gasteiger partial charge in [0, 0.05) is 28.9 Å². The molecule has 0 atom stereocenters. The summed E-state index contributed by atoms with van der Waals surface area (Å²) in [5.41, 5.74) is 1.33. The summed E-state index contributed by atoms with van der Waals surface area (Å²) in [6, 6.07) is 5.34. The number of thiophene rings is 1. The summed E-state index contributed by atoms with van der Waals surface area (Å²) in [6.07, 6.45) is 3.23. The quantitative estimate of drug-likeness (QED) is 0.783. The van der Waals surface area contributed by atoms with E-state index in [9.17, 15) is 4.79 Å². The topological polar surface area (TPSA) is 30.0 Å². The van der Waals surface area contributed by atoms with Crippen LogP contribution >= 0.6 is 27.3 Å². The number of hydrogen-bond donors (Lipinski definition) is 0. The van der Waals surface area contributed by atoms with Crippen molar-refractivity contribution in [1.82, 2.24) is 4.98 Å². The van der Waals surface area contributed by atoms with E-state index < -0.39 is 0 Å². The number of pyridine rings is 1. The molecule has 0 spiro atoms. The Kier molecular flexibility index (Phi) is 2.74. The number of aromatic nitrogens is 1. The van der Waals surface area contributed by atoms with E-state index in [-0.39, 0.29) is 5.78 Å². The van der Waals surface area contributed by atoms with Gasteiger partial charge in [-0.25, -0.2) is 0 Å². The van der Waals surface area contributed by atoms with Crippen molar-refractivity contribution < 1.29 is 4.79 Å². The second-order valence-corrected chi connectivity index (χ2v) is 5.00. The van der Waals surface area contributed by atoms with Gasteiger partial charge in [0.2, 0.25) is 0 Å². The number of carbonyl (C=O) groups excluding carboxylic acids is 1. The Balaban J connectivity index is 2.34. The van der Waals surface area contributed by atoms with Gasteiger partial charge >= 0.3 is 0 Å². The fourth-order valence-corrected chi connectivity index (χ4v) is 2.23. The molecule has 0 aliphatic heterocycles. The highest BCUT2D eigenvalue weighted by Gasteiger charge is 2.10. The summed E-state index contributed by atoms with van der Waals surface area (Å²) in [5, 5.41) is 1.83. The molecule has 0 unspecified atom stereocenters. The van der Waals surface area contributed by atoms with E-state index >= 15 is 0 Å². The third kappa shape index (κ3) is 1.91. The van der Waals surface area contributed by atoms with Crippen molar-refractivity contribution in [1.29, 1.82) is 0 Å². The van der Waals surface area contributed by atoms with Crippen LogP contribution in [-0.4, -0.2) is 10.8 Å². The second kappa shape index (κ2) is 4.02. The van der Waals surface area contributed by atoms with Gasteiger partial charge in [0.05, 0.1) is 3.79 Å². The van der Waals surface area contributed by atoms with Crippen LogP contribution in [-0.2, 0) is 0 Å². The Morgan fingerprint density at radius 3 is 2.86 bits per heavy atom. The maximum absolute atomic E-state index is 11.8. The van der Waals surface area contributed by atoms with Gasteiger partial charge in [-0.2, -0.15) is 0 Å². The molecule has 70 valence electrons. The van der Waals surface area contributed by atoms with Gasteiger partial charge in [-0.05, 0) is 34.1 Å². The summed E-state index contributed by atoms with van der Waals surface area (Å²) in [4.78, 5) is 15.7. The van der Waals surface area contributed by atoms with Crippen molar-refractivity contribution in [2.24, 2.45) is 0 Å². The van der Waals surface area contributed by atoms with E-state index in [1.165, 1.54) is 11.3 Å². The predicted octanol–water partition coefficient (Wildman–Crippen LogP) is 3.14. The van der Waals surface area contributed by atoms with Crippen molar-refractivity contribution in [3.63, 3.8) is 0 Å². The van der Waals surface area contributed by atoms with Gasteiger partial charge in [0.15, 0.2) is 5.78 Å². The molecule has 0 saturated heterocycles. The SMILES string of the molecule is O=C(c1cccnc1)c1csc(Br)c1. The standard InChI is InChI=1S/C10H6BrNOS/c11-9-4-8(6-14-9)10(13)7-2-1-3-12-5-7/h1-6H. The molecule has 0 saturated carbocycles. The van der Waals surface area contributed by atoms with Gasteiger partial charge in [-0.15, -0.1) is 11.3 Å². The van der Waals surface area contributed by atoms with Crippen molar-refractivity contribution in [3.05, 3.63) is 50.9 Å². The minimum atomic E-state index is 0.0139. The summed E-state index contributed by atoms with van der Waals surface area (Å²) < 4.78 is 0.963. The van der Waals surface area contributed by atoms with Crippen LogP contribution in [0.1, 0.15) is 15.9 Å². The summed E-state index contributed by atoms with van der Waals surface area (Å²) in [5.74, 6) is 0.0139. The van der Waals surface area contributed by atoms with E-state index in [0.29, 0.717) is 11.1 Å². The molecule has 0 N–H and O–H groups in total. The predicted molar refractivity (Wildman–Crippen MR) is 59.7 cm³/mol. The monoisotopic (exact) mass is 267 g/mol. The molecular formula is C10H6BrNOS. The van der Waals surface area contributed by atoms with Crippen LogP contribution in [0.25, 0.3) is 0 Å². The molecule has 0 aromatic carbocycles. The van der Waals surface area contributed by atoms with Crippen LogP contribution in [0.3, 0.4) is 0 Å². The molecule has 0 aliphatic rings. The number of hydrogen-bond acceptors (Lipinski definition) is 3. The molecule has 0 fully saturated rings. The first-order valence-corrected chi connectivity index (χ1v) is 5.63. The number of rotatable bonds is 2. The number of carbonyl (C=O) groups is 1. The Morgan fingerprint density at radius 2 is 2.29 bits per heavy atom. The average molecular weight is 268 g/mol. The molecule has 0 aliphatic carbocycles. The van der Waals surface area contributed by atoms with Gasteiger partial charge in [-0.1, -0.05) is 0 Å². The number of nitrogens with zero attached hydrogens (tertiary/aromatic N) is 1. The normalized spacial score (nSPS) is 10.1. The lowest BCUT2D eigenvalue weighted by molar-refractivity contribution is 0.103. The molecule has 0 bridgehead atoms. The van der Waals surface area contributed by atoms with Gasteiger partial charge in [0.25, 0.3) is 0 Å². The molecule has 0 amide bonds. The van der Waals surface area contributed by atoms with Crippen LogP contribution in [0.5, 0.6) is 0 Å². The summed E-state index contributed by atoms with van der Waals surface area (Å²) >= 11 is 4.83. The lowest BCUT2D eigenvalue weighted by atomic mass is 10.1. The van der Waals surface area contributed by atoms with E-state index in [0.717, 1.165) is 3.79 Å². The van der Waals surface area contributed by atoms with E-state index in [2.05, 4.69) is 20.9 Å². The van der Waals surface area contributed by atoms with Gasteiger partial charge in [0.1, 0.15) is 0 Å². The molecule has 2 nitrogen and oxygen atoms in total. The van der Waals surface area contributed by atoms with E-state index in [1.807, 2.05) is 11.4 Å². The third-order valence-corrected chi connectivity index (χ3v) is 3.26. The molecule has 4 heteroatoms. The van der Waals surface area contributed by atoms with Crippen LogP contribution in [0.4, 0.5) is 0 Å².